The fourth-order valence-corrected chi connectivity index (χ4v) is 4.44. The molecule has 0 radical (unpaired) electrons. The minimum atomic E-state index is -0.222. The van der Waals surface area contributed by atoms with Gasteiger partial charge in [-0.2, -0.15) is 0 Å². The van der Waals surface area contributed by atoms with Gasteiger partial charge in [0.15, 0.2) is 0 Å². The maximum absolute atomic E-state index is 13.7. The molecule has 4 rings (SSSR count). The van der Waals surface area contributed by atoms with Crippen molar-refractivity contribution in [3.05, 3.63) is 100 Å². The van der Waals surface area contributed by atoms with Gasteiger partial charge in [-0.3, -0.25) is 4.90 Å². The molecule has 0 saturated carbocycles. The van der Waals surface area contributed by atoms with Gasteiger partial charge in [0.25, 0.3) is 0 Å². The average Bonchev–Trinajstić information content (AvgIpc) is 2.81. The number of hydrogen-bond donors (Lipinski definition) is 0. The predicted octanol–water partition coefficient (Wildman–Crippen LogP) is 6.12. The number of piperazine rings is 1. The summed E-state index contributed by atoms with van der Waals surface area (Å²) in [7, 11) is 0. The second-order valence-corrected chi connectivity index (χ2v) is 8.84. The number of rotatable bonds is 8. The molecule has 1 atom stereocenters. The van der Waals surface area contributed by atoms with Crippen LogP contribution in [0, 0.1) is 12.7 Å². The van der Waals surface area contributed by atoms with Gasteiger partial charge in [0.1, 0.15) is 17.7 Å². The fraction of sp³-hybridized carbons (Fsp3) is 0.333. The Kier molecular flexibility index (Phi) is 7.80. The lowest BCUT2D eigenvalue weighted by molar-refractivity contribution is 0.107. The first-order valence-electron chi connectivity index (χ1n) is 11.2. The van der Waals surface area contributed by atoms with E-state index in [4.69, 9.17) is 16.3 Å². The third-order valence-corrected chi connectivity index (χ3v) is 6.43. The van der Waals surface area contributed by atoms with Gasteiger partial charge in [0.05, 0.1) is 0 Å². The molecule has 5 heteroatoms. The van der Waals surface area contributed by atoms with Crippen molar-refractivity contribution >= 4 is 11.6 Å². The number of hydrogen-bond acceptors (Lipinski definition) is 3. The Bertz CT molecular complexity index is 1010. The van der Waals surface area contributed by atoms with Crippen molar-refractivity contribution in [2.45, 2.75) is 26.0 Å². The van der Waals surface area contributed by atoms with E-state index < -0.39 is 0 Å². The van der Waals surface area contributed by atoms with Crippen molar-refractivity contribution in [3.63, 3.8) is 0 Å². The summed E-state index contributed by atoms with van der Waals surface area (Å²) in [6.45, 7) is 7.88. The number of halogens is 2. The summed E-state index contributed by atoms with van der Waals surface area (Å²) in [4.78, 5) is 5.00. The zero-order chi connectivity index (χ0) is 22.3. The van der Waals surface area contributed by atoms with Gasteiger partial charge in [0, 0.05) is 56.3 Å². The van der Waals surface area contributed by atoms with Crippen LogP contribution < -0.4 is 4.74 Å². The molecule has 0 aliphatic carbocycles. The van der Waals surface area contributed by atoms with E-state index in [1.165, 1.54) is 11.6 Å². The van der Waals surface area contributed by atoms with Gasteiger partial charge in [-0.25, -0.2) is 4.39 Å². The minimum absolute atomic E-state index is 0.184. The molecule has 1 heterocycles. The Morgan fingerprint density at radius 3 is 2.31 bits per heavy atom. The third kappa shape index (κ3) is 6.10. The summed E-state index contributed by atoms with van der Waals surface area (Å²) >= 11 is 6.50. The molecule has 3 aromatic carbocycles. The van der Waals surface area contributed by atoms with E-state index in [-0.39, 0.29) is 11.9 Å². The molecule has 3 aromatic rings. The molecule has 0 aromatic heterocycles. The quantitative estimate of drug-likeness (QED) is 0.409. The van der Waals surface area contributed by atoms with Crippen molar-refractivity contribution in [2.24, 2.45) is 0 Å². The highest BCUT2D eigenvalue weighted by atomic mass is 35.5. The number of nitrogens with zero attached hydrogens (tertiary/aromatic N) is 2. The first-order valence-corrected chi connectivity index (χ1v) is 11.6. The zero-order valence-corrected chi connectivity index (χ0v) is 19.3. The van der Waals surface area contributed by atoms with Crippen LogP contribution in [0.15, 0.2) is 72.8 Å². The average molecular weight is 453 g/mol. The second-order valence-electron chi connectivity index (χ2n) is 8.43. The molecular weight excluding hydrogens is 423 g/mol. The lowest BCUT2D eigenvalue weighted by Gasteiger charge is -2.35. The predicted molar refractivity (Wildman–Crippen MR) is 129 cm³/mol. The largest absolute Gasteiger partial charge is 0.486 e. The van der Waals surface area contributed by atoms with E-state index in [2.05, 4.69) is 40.1 Å². The van der Waals surface area contributed by atoms with Crippen LogP contribution in [0.1, 0.15) is 29.2 Å². The van der Waals surface area contributed by atoms with Crippen LogP contribution >= 0.6 is 11.6 Å². The second kappa shape index (κ2) is 11.0. The van der Waals surface area contributed by atoms with E-state index in [0.29, 0.717) is 16.3 Å². The van der Waals surface area contributed by atoms with Crippen LogP contribution in [-0.4, -0.2) is 42.5 Å². The summed E-state index contributed by atoms with van der Waals surface area (Å²) < 4.78 is 20.0. The SMILES string of the molecule is Cc1cc(OC(CCN2CCN(Cc3ccccc3)CC2)c2ccccc2Cl)ccc1F. The van der Waals surface area contributed by atoms with Crippen molar-refractivity contribution in [3.8, 4) is 5.75 Å². The molecule has 3 nitrogen and oxygen atoms in total. The smallest absolute Gasteiger partial charge is 0.126 e. The molecule has 1 saturated heterocycles. The van der Waals surface area contributed by atoms with Gasteiger partial charge < -0.3 is 9.64 Å². The monoisotopic (exact) mass is 452 g/mol. The highest BCUT2D eigenvalue weighted by Gasteiger charge is 2.21. The van der Waals surface area contributed by atoms with E-state index in [9.17, 15) is 4.39 Å². The van der Waals surface area contributed by atoms with Gasteiger partial charge in [-0.1, -0.05) is 60.1 Å². The molecule has 32 heavy (non-hydrogen) atoms. The standard InChI is InChI=1S/C27H30ClFN2O/c1-21-19-23(11-12-26(21)29)32-27(24-9-5-6-10-25(24)28)13-14-30-15-17-31(18-16-30)20-22-7-3-2-4-8-22/h2-12,19,27H,13-18,20H2,1H3. The topological polar surface area (TPSA) is 15.7 Å². The normalized spacial score (nSPS) is 16.1. The van der Waals surface area contributed by atoms with Crippen LogP contribution in [0.4, 0.5) is 4.39 Å². The minimum Gasteiger partial charge on any atom is -0.486 e. The third-order valence-electron chi connectivity index (χ3n) is 6.08. The Morgan fingerprint density at radius 2 is 1.59 bits per heavy atom. The van der Waals surface area contributed by atoms with Crippen LogP contribution in [0.2, 0.25) is 5.02 Å². The molecule has 1 aliphatic heterocycles. The summed E-state index contributed by atoms with van der Waals surface area (Å²) in [5.41, 5.74) is 2.91. The highest BCUT2D eigenvalue weighted by molar-refractivity contribution is 6.31. The van der Waals surface area contributed by atoms with Crippen molar-refractivity contribution in [1.82, 2.24) is 9.80 Å². The zero-order valence-electron chi connectivity index (χ0n) is 18.5. The summed E-state index contributed by atoms with van der Waals surface area (Å²) in [6.07, 6.45) is 0.634. The van der Waals surface area contributed by atoms with Crippen molar-refractivity contribution < 1.29 is 9.13 Å². The molecule has 0 N–H and O–H groups in total. The molecule has 0 bridgehead atoms. The Hall–Kier alpha value is -2.40. The first-order chi connectivity index (χ1) is 15.6. The molecule has 1 fully saturated rings. The van der Waals surface area contributed by atoms with Crippen LogP contribution in [-0.2, 0) is 6.54 Å². The number of aryl methyl sites for hydroxylation is 1. The molecule has 1 aliphatic rings. The molecule has 0 spiro atoms. The molecule has 0 amide bonds. The number of ether oxygens (including phenoxy) is 1. The fourth-order valence-electron chi connectivity index (χ4n) is 4.18. The van der Waals surface area contributed by atoms with E-state index >= 15 is 0 Å². The molecule has 168 valence electrons. The highest BCUT2D eigenvalue weighted by Crippen LogP contribution is 2.31. The van der Waals surface area contributed by atoms with E-state index in [1.54, 1.807) is 19.1 Å². The van der Waals surface area contributed by atoms with Crippen LogP contribution in [0.25, 0.3) is 0 Å². The maximum atomic E-state index is 13.7. The Labute approximate surface area is 195 Å². The number of benzene rings is 3. The van der Waals surface area contributed by atoms with Gasteiger partial charge in [-0.05, 0) is 42.3 Å². The maximum Gasteiger partial charge on any atom is 0.126 e. The van der Waals surface area contributed by atoms with Gasteiger partial charge in [-0.15, -0.1) is 0 Å². The lowest BCUT2D eigenvalue weighted by atomic mass is 10.1. The van der Waals surface area contributed by atoms with E-state index in [1.807, 2.05) is 24.3 Å². The van der Waals surface area contributed by atoms with Crippen LogP contribution in [0.5, 0.6) is 5.75 Å². The van der Waals surface area contributed by atoms with E-state index in [0.717, 1.165) is 51.3 Å². The lowest BCUT2D eigenvalue weighted by Crippen LogP contribution is -2.46. The summed E-state index contributed by atoms with van der Waals surface area (Å²) in [5.74, 6) is 0.446. The van der Waals surface area contributed by atoms with Crippen molar-refractivity contribution in [1.29, 1.82) is 0 Å². The first kappa shape index (κ1) is 22.8. The Morgan fingerprint density at radius 1 is 0.906 bits per heavy atom. The molecule has 1 unspecified atom stereocenters. The summed E-state index contributed by atoms with van der Waals surface area (Å²) in [6, 6.07) is 23.4. The van der Waals surface area contributed by atoms with Crippen molar-refractivity contribution in [2.75, 3.05) is 32.7 Å². The Balaban J connectivity index is 1.36. The van der Waals surface area contributed by atoms with Crippen LogP contribution in [0.3, 0.4) is 0 Å². The molecular formula is C27H30ClFN2O. The van der Waals surface area contributed by atoms with Gasteiger partial charge >= 0.3 is 0 Å². The van der Waals surface area contributed by atoms with Gasteiger partial charge in [0.2, 0.25) is 0 Å². The summed E-state index contributed by atoms with van der Waals surface area (Å²) in [5, 5.41) is 0.698.